The third-order valence-electron chi connectivity index (χ3n) is 3.11. The van der Waals surface area contributed by atoms with Crippen LogP contribution in [-0.2, 0) is 6.54 Å². The van der Waals surface area contributed by atoms with Crippen LogP contribution in [0.3, 0.4) is 0 Å². The van der Waals surface area contributed by atoms with E-state index < -0.39 is 0 Å². The monoisotopic (exact) mass is 330 g/mol. The van der Waals surface area contributed by atoms with Gasteiger partial charge in [0.2, 0.25) is 0 Å². The Morgan fingerprint density at radius 1 is 1.00 bits per heavy atom. The zero-order valence-electron chi connectivity index (χ0n) is 13.5. The molecule has 0 spiro atoms. The lowest BCUT2D eigenvalue weighted by atomic mass is 10.2. The van der Waals surface area contributed by atoms with Gasteiger partial charge in [-0.2, -0.15) is 0 Å². The van der Waals surface area contributed by atoms with Crippen LogP contribution in [0, 0.1) is 0 Å². The van der Waals surface area contributed by atoms with Gasteiger partial charge in [-0.3, -0.25) is 0 Å². The van der Waals surface area contributed by atoms with Gasteiger partial charge in [-0.25, -0.2) is 0 Å². The summed E-state index contributed by atoms with van der Waals surface area (Å²) in [6.45, 7) is 5.82. The summed E-state index contributed by atoms with van der Waals surface area (Å²) in [6.07, 6.45) is 0. The smallest absolute Gasteiger partial charge is 0.171 e. The molecule has 0 fully saturated rings. The standard InChI is InChI=1S/C18H22N2O2S/c1-3-21-16-10-7-9-15(12-16)20-18(23)19-13-14-8-5-6-11-17(14)22-4-2/h5-12H,3-4,13H2,1-2H3,(H2,19,20,23). The molecule has 2 aromatic carbocycles. The summed E-state index contributed by atoms with van der Waals surface area (Å²) in [6, 6.07) is 15.7. The Labute approximate surface area is 142 Å². The molecule has 0 aliphatic rings. The van der Waals surface area contributed by atoms with Crippen molar-refractivity contribution in [2.24, 2.45) is 0 Å². The molecule has 0 saturated carbocycles. The molecule has 0 radical (unpaired) electrons. The molecule has 0 amide bonds. The van der Waals surface area contributed by atoms with Crippen LogP contribution >= 0.6 is 12.2 Å². The van der Waals surface area contributed by atoms with Crippen LogP contribution in [0.15, 0.2) is 48.5 Å². The predicted octanol–water partition coefficient (Wildman–Crippen LogP) is 3.97. The number of hydrogen-bond acceptors (Lipinski definition) is 3. The summed E-state index contributed by atoms with van der Waals surface area (Å²) < 4.78 is 11.1. The minimum absolute atomic E-state index is 0.560. The second-order valence-electron chi connectivity index (χ2n) is 4.81. The van der Waals surface area contributed by atoms with Crippen LogP contribution in [0.4, 0.5) is 5.69 Å². The number of hydrogen-bond donors (Lipinski definition) is 2. The van der Waals surface area contributed by atoms with Gasteiger partial charge < -0.3 is 20.1 Å². The van der Waals surface area contributed by atoms with E-state index in [1.54, 1.807) is 0 Å². The Kier molecular flexibility index (Phi) is 6.69. The lowest BCUT2D eigenvalue weighted by molar-refractivity contribution is 0.336. The zero-order chi connectivity index (χ0) is 16.5. The first kappa shape index (κ1) is 17.1. The quantitative estimate of drug-likeness (QED) is 0.752. The van der Waals surface area contributed by atoms with Gasteiger partial charge in [-0.15, -0.1) is 0 Å². The first-order valence-electron chi connectivity index (χ1n) is 7.71. The van der Waals surface area contributed by atoms with Crippen LogP contribution in [0.1, 0.15) is 19.4 Å². The summed E-state index contributed by atoms with van der Waals surface area (Å²) in [5, 5.41) is 6.92. The number of para-hydroxylation sites is 1. The second kappa shape index (κ2) is 9.00. The highest BCUT2D eigenvalue weighted by Crippen LogP contribution is 2.19. The summed E-state index contributed by atoms with van der Waals surface area (Å²) in [5.74, 6) is 1.70. The topological polar surface area (TPSA) is 42.5 Å². The zero-order valence-corrected chi connectivity index (χ0v) is 14.3. The maximum absolute atomic E-state index is 5.61. The fraction of sp³-hybridized carbons (Fsp3) is 0.278. The summed E-state index contributed by atoms with van der Waals surface area (Å²) >= 11 is 5.35. The van der Waals surface area contributed by atoms with Crippen molar-refractivity contribution in [1.82, 2.24) is 5.32 Å². The fourth-order valence-corrected chi connectivity index (χ4v) is 2.32. The third-order valence-corrected chi connectivity index (χ3v) is 3.36. The van der Waals surface area contributed by atoms with E-state index >= 15 is 0 Å². The first-order chi connectivity index (χ1) is 11.2. The van der Waals surface area contributed by atoms with Gasteiger partial charge in [0.05, 0.1) is 13.2 Å². The van der Waals surface area contributed by atoms with E-state index in [2.05, 4.69) is 10.6 Å². The highest BCUT2D eigenvalue weighted by molar-refractivity contribution is 7.80. The lowest BCUT2D eigenvalue weighted by Crippen LogP contribution is -2.28. The van der Waals surface area contributed by atoms with E-state index in [1.165, 1.54) is 0 Å². The average Bonchev–Trinajstić information content (AvgIpc) is 2.55. The van der Waals surface area contributed by atoms with Gasteiger partial charge in [0.25, 0.3) is 0 Å². The molecule has 0 aliphatic carbocycles. The average molecular weight is 330 g/mol. The maximum Gasteiger partial charge on any atom is 0.171 e. The molecule has 0 aliphatic heterocycles. The van der Waals surface area contributed by atoms with E-state index in [0.29, 0.717) is 24.9 Å². The van der Waals surface area contributed by atoms with E-state index in [4.69, 9.17) is 21.7 Å². The van der Waals surface area contributed by atoms with E-state index in [0.717, 1.165) is 22.7 Å². The molecule has 0 bridgehead atoms. The van der Waals surface area contributed by atoms with Gasteiger partial charge in [0, 0.05) is 23.9 Å². The summed E-state index contributed by atoms with van der Waals surface area (Å²) in [5.41, 5.74) is 1.97. The van der Waals surface area contributed by atoms with Gasteiger partial charge in [-0.1, -0.05) is 24.3 Å². The van der Waals surface area contributed by atoms with Crippen molar-refractivity contribution < 1.29 is 9.47 Å². The molecule has 23 heavy (non-hydrogen) atoms. The van der Waals surface area contributed by atoms with Gasteiger partial charge >= 0.3 is 0 Å². The molecule has 4 nitrogen and oxygen atoms in total. The summed E-state index contributed by atoms with van der Waals surface area (Å²) in [4.78, 5) is 0. The predicted molar refractivity (Wildman–Crippen MR) is 98.3 cm³/mol. The van der Waals surface area contributed by atoms with Crippen molar-refractivity contribution in [2.45, 2.75) is 20.4 Å². The van der Waals surface area contributed by atoms with Crippen LogP contribution in [0.2, 0.25) is 0 Å². The number of anilines is 1. The molecular formula is C18H22N2O2S. The van der Waals surface area contributed by atoms with Crippen LogP contribution in [0.5, 0.6) is 11.5 Å². The normalized spacial score (nSPS) is 10.0. The summed E-state index contributed by atoms with van der Waals surface area (Å²) in [7, 11) is 0. The van der Waals surface area contributed by atoms with Gasteiger partial charge in [-0.05, 0) is 44.3 Å². The van der Waals surface area contributed by atoms with E-state index in [9.17, 15) is 0 Å². The Morgan fingerprint density at radius 2 is 1.78 bits per heavy atom. The SMILES string of the molecule is CCOc1cccc(NC(=S)NCc2ccccc2OCC)c1. The Hall–Kier alpha value is -2.27. The fourth-order valence-electron chi connectivity index (χ4n) is 2.13. The highest BCUT2D eigenvalue weighted by atomic mass is 32.1. The molecule has 2 aromatic rings. The van der Waals surface area contributed by atoms with Crippen LogP contribution in [-0.4, -0.2) is 18.3 Å². The molecule has 122 valence electrons. The largest absolute Gasteiger partial charge is 0.494 e. The second-order valence-corrected chi connectivity index (χ2v) is 5.22. The Bertz CT molecular complexity index is 646. The molecule has 0 unspecified atom stereocenters. The molecule has 0 saturated heterocycles. The van der Waals surface area contributed by atoms with Crippen molar-refractivity contribution in [3.63, 3.8) is 0 Å². The molecule has 5 heteroatoms. The van der Waals surface area contributed by atoms with Crippen molar-refractivity contribution >= 4 is 23.0 Å². The van der Waals surface area contributed by atoms with Crippen LogP contribution < -0.4 is 20.1 Å². The van der Waals surface area contributed by atoms with Crippen LogP contribution in [0.25, 0.3) is 0 Å². The number of nitrogens with one attached hydrogen (secondary N) is 2. The Morgan fingerprint density at radius 3 is 2.57 bits per heavy atom. The molecule has 2 N–H and O–H groups in total. The number of ether oxygens (including phenoxy) is 2. The van der Waals surface area contributed by atoms with Crippen molar-refractivity contribution in [3.05, 3.63) is 54.1 Å². The number of rotatable bonds is 7. The first-order valence-corrected chi connectivity index (χ1v) is 8.12. The van der Waals surface area contributed by atoms with E-state index in [-0.39, 0.29) is 0 Å². The number of benzene rings is 2. The molecule has 2 rings (SSSR count). The molecular weight excluding hydrogens is 308 g/mol. The van der Waals surface area contributed by atoms with E-state index in [1.807, 2.05) is 62.4 Å². The van der Waals surface area contributed by atoms with Crippen molar-refractivity contribution in [1.29, 1.82) is 0 Å². The minimum atomic E-state index is 0.560. The maximum atomic E-state index is 5.61. The van der Waals surface area contributed by atoms with Crippen molar-refractivity contribution in [2.75, 3.05) is 18.5 Å². The lowest BCUT2D eigenvalue weighted by Gasteiger charge is -2.14. The Balaban J connectivity index is 1.91. The minimum Gasteiger partial charge on any atom is -0.494 e. The molecule has 0 atom stereocenters. The molecule has 0 aromatic heterocycles. The highest BCUT2D eigenvalue weighted by Gasteiger charge is 2.04. The third kappa shape index (κ3) is 5.45. The number of thiocarbonyl (C=S) groups is 1. The van der Waals surface area contributed by atoms with Gasteiger partial charge in [0.15, 0.2) is 5.11 Å². The van der Waals surface area contributed by atoms with Crippen molar-refractivity contribution in [3.8, 4) is 11.5 Å². The van der Waals surface area contributed by atoms with Gasteiger partial charge in [0.1, 0.15) is 11.5 Å². The molecule has 0 heterocycles.